The fraction of sp³-hybridized carbons (Fsp3) is 0.200. The van der Waals surface area contributed by atoms with E-state index in [1.807, 2.05) is 0 Å². The third kappa shape index (κ3) is 2.32. The molecule has 0 aliphatic carbocycles. The maximum Gasteiger partial charge on any atom is 0.221 e. The Labute approximate surface area is 81.6 Å². The highest BCUT2D eigenvalue weighted by atomic mass is 16.3. The number of anilines is 1. The van der Waals surface area contributed by atoms with Gasteiger partial charge in [-0.1, -0.05) is 0 Å². The minimum absolute atomic E-state index is 0.104. The van der Waals surface area contributed by atoms with Gasteiger partial charge in [-0.05, 0) is 25.1 Å². The Kier molecular flexibility index (Phi) is 2.86. The zero-order chi connectivity index (χ0) is 10.7. The third-order valence-electron chi connectivity index (χ3n) is 1.71. The number of aromatic hydroxyl groups is 1. The van der Waals surface area contributed by atoms with Gasteiger partial charge in [-0.2, -0.15) is 0 Å². The van der Waals surface area contributed by atoms with E-state index in [4.69, 9.17) is 0 Å². The van der Waals surface area contributed by atoms with Crippen LogP contribution in [0.5, 0.6) is 5.75 Å². The van der Waals surface area contributed by atoms with Crippen LogP contribution in [0.1, 0.15) is 24.2 Å². The molecule has 1 rings (SSSR count). The van der Waals surface area contributed by atoms with Crippen LogP contribution in [0.4, 0.5) is 5.69 Å². The van der Waals surface area contributed by atoms with Crippen LogP contribution in [-0.2, 0) is 4.79 Å². The predicted octanol–water partition coefficient (Wildman–Crippen LogP) is 1.55. The summed E-state index contributed by atoms with van der Waals surface area (Å²) in [6.07, 6.45) is 0. The number of carbonyl (C=O) groups is 2. The monoisotopic (exact) mass is 193 g/mol. The van der Waals surface area contributed by atoms with Crippen molar-refractivity contribution in [3.05, 3.63) is 23.8 Å². The standard InChI is InChI=1S/C10H11NO3/c1-6(12)8-3-4-9(10(14)5-8)11-7(2)13/h3-5,14H,1-2H3,(H,11,13). The molecule has 4 heteroatoms. The molecule has 0 saturated heterocycles. The summed E-state index contributed by atoms with van der Waals surface area (Å²) < 4.78 is 0. The van der Waals surface area contributed by atoms with E-state index in [1.54, 1.807) is 6.07 Å². The quantitative estimate of drug-likeness (QED) is 0.553. The van der Waals surface area contributed by atoms with Crippen molar-refractivity contribution in [3.8, 4) is 5.75 Å². The van der Waals surface area contributed by atoms with Gasteiger partial charge in [0.2, 0.25) is 5.91 Å². The van der Waals surface area contributed by atoms with Gasteiger partial charge >= 0.3 is 0 Å². The second-order valence-electron chi connectivity index (χ2n) is 2.97. The molecule has 0 unspecified atom stereocenters. The number of Topliss-reactive ketones (excluding diaryl/α,β-unsaturated/α-hetero) is 1. The fourth-order valence-electron chi connectivity index (χ4n) is 1.05. The number of phenolic OH excluding ortho intramolecular Hbond substituents is 1. The van der Waals surface area contributed by atoms with Crippen LogP contribution in [-0.4, -0.2) is 16.8 Å². The molecule has 0 heterocycles. The lowest BCUT2D eigenvalue weighted by Crippen LogP contribution is -2.06. The van der Waals surface area contributed by atoms with Crippen molar-refractivity contribution in [3.63, 3.8) is 0 Å². The number of carbonyl (C=O) groups excluding carboxylic acids is 2. The Morgan fingerprint density at radius 2 is 1.93 bits per heavy atom. The maximum atomic E-state index is 10.9. The largest absolute Gasteiger partial charge is 0.506 e. The van der Waals surface area contributed by atoms with Crippen molar-refractivity contribution in [2.75, 3.05) is 5.32 Å². The molecular weight excluding hydrogens is 182 g/mol. The van der Waals surface area contributed by atoms with E-state index < -0.39 is 0 Å². The predicted molar refractivity (Wildman–Crippen MR) is 52.4 cm³/mol. The highest BCUT2D eigenvalue weighted by Crippen LogP contribution is 2.24. The van der Waals surface area contributed by atoms with E-state index in [2.05, 4.69) is 5.32 Å². The number of amides is 1. The molecule has 0 spiro atoms. The molecule has 0 atom stereocenters. The summed E-state index contributed by atoms with van der Waals surface area (Å²) >= 11 is 0. The molecule has 1 amide bonds. The SMILES string of the molecule is CC(=O)Nc1ccc(C(C)=O)cc1O. The zero-order valence-electron chi connectivity index (χ0n) is 8.00. The lowest BCUT2D eigenvalue weighted by molar-refractivity contribution is -0.114. The zero-order valence-corrected chi connectivity index (χ0v) is 8.00. The molecule has 0 aromatic heterocycles. The lowest BCUT2D eigenvalue weighted by Gasteiger charge is -2.05. The highest BCUT2D eigenvalue weighted by molar-refractivity contribution is 5.96. The molecule has 0 bridgehead atoms. The van der Waals surface area contributed by atoms with Crippen molar-refractivity contribution >= 4 is 17.4 Å². The summed E-state index contributed by atoms with van der Waals surface area (Å²) in [7, 11) is 0. The van der Waals surface area contributed by atoms with Gasteiger partial charge < -0.3 is 10.4 Å². The summed E-state index contributed by atoms with van der Waals surface area (Å²) in [4.78, 5) is 21.6. The van der Waals surface area contributed by atoms with Crippen molar-refractivity contribution in [1.82, 2.24) is 0 Å². The summed E-state index contributed by atoms with van der Waals surface area (Å²) in [5.74, 6) is -0.501. The number of rotatable bonds is 2. The van der Waals surface area contributed by atoms with E-state index in [1.165, 1.54) is 26.0 Å². The fourth-order valence-corrected chi connectivity index (χ4v) is 1.05. The first-order valence-electron chi connectivity index (χ1n) is 4.12. The smallest absolute Gasteiger partial charge is 0.221 e. The van der Waals surface area contributed by atoms with E-state index in [0.29, 0.717) is 11.3 Å². The van der Waals surface area contributed by atoms with Gasteiger partial charge in [0, 0.05) is 12.5 Å². The normalized spacial score (nSPS) is 9.57. The molecule has 14 heavy (non-hydrogen) atoms. The molecule has 0 fully saturated rings. The second kappa shape index (κ2) is 3.91. The Bertz CT molecular complexity index is 385. The van der Waals surface area contributed by atoms with E-state index in [-0.39, 0.29) is 17.4 Å². The molecule has 74 valence electrons. The molecule has 0 saturated carbocycles. The molecule has 4 nitrogen and oxygen atoms in total. The van der Waals surface area contributed by atoms with Crippen LogP contribution in [0.3, 0.4) is 0 Å². The first-order chi connectivity index (χ1) is 6.50. The van der Waals surface area contributed by atoms with E-state index in [0.717, 1.165) is 0 Å². The van der Waals surface area contributed by atoms with Gasteiger partial charge in [-0.25, -0.2) is 0 Å². The first-order valence-corrected chi connectivity index (χ1v) is 4.12. The molecule has 1 aromatic carbocycles. The molecule has 0 aliphatic rings. The van der Waals surface area contributed by atoms with Crippen LogP contribution in [0.15, 0.2) is 18.2 Å². The second-order valence-corrected chi connectivity index (χ2v) is 2.97. The highest BCUT2D eigenvalue weighted by Gasteiger charge is 2.06. The van der Waals surface area contributed by atoms with Crippen molar-refractivity contribution < 1.29 is 14.7 Å². The van der Waals surface area contributed by atoms with Crippen molar-refractivity contribution in [2.45, 2.75) is 13.8 Å². The lowest BCUT2D eigenvalue weighted by atomic mass is 10.1. The summed E-state index contributed by atoms with van der Waals surface area (Å²) in [6.45, 7) is 2.76. The first kappa shape index (κ1) is 10.2. The molecular formula is C10H11NO3. The number of nitrogens with one attached hydrogen (secondary N) is 1. The van der Waals surface area contributed by atoms with Gasteiger partial charge in [0.15, 0.2) is 5.78 Å². The molecule has 0 radical (unpaired) electrons. The van der Waals surface area contributed by atoms with E-state index >= 15 is 0 Å². The molecule has 2 N–H and O–H groups in total. The van der Waals surface area contributed by atoms with Gasteiger partial charge in [0.05, 0.1) is 5.69 Å². The summed E-state index contributed by atoms with van der Waals surface area (Å²) in [6, 6.07) is 4.37. The van der Waals surface area contributed by atoms with E-state index in [9.17, 15) is 14.7 Å². The Hall–Kier alpha value is -1.84. The van der Waals surface area contributed by atoms with Crippen LogP contribution in [0.2, 0.25) is 0 Å². The van der Waals surface area contributed by atoms with Crippen molar-refractivity contribution in [2.24, 2.45) is 0 Å². The average molecular weight is 193 g/mol. The van der Waals surface area contributed by atoms with Crippen LogP contribution < -0.4 is 5.32 Å². The van der Waals surface area contributed by atoms with Gasteiger partial charge in [-0.15, -0.1) is 0 Å². The maximum absolute atomic E-state index is 10.9. The topological polar surface area (TPSA) is 66.4 Å². The van der Waals surface area contributed by atoms with Crippen LogP contribution >= 0.6 is 0 Å². The molecule has 1 aromatic rings. The summed E-state index contributed by atoms with van der Waals surface area (Å²) in [5.41, 5.74) is 0.721. The van der Waals surface area contributed by atoms with Crippen LogP contribution in [0.25, 0.3) is 0 Å². The Morgan fingerprint density at radius 1 is 1.29 bits per heavy atom. The number of phenols is 1. The minimum atomic E-state index is -0.268. The molecule has 0 aliphatic heterocycles. The van der Waals surface area contributed by atoms with Gasteiger partial charge in [0.1, 0.15) is 5.75 Å². The van der Waals surface area contributed by atoms with Crippen molar-refractivity contribution in [1.29, 1.82) is 0 Å². The minimum Gasteiger partial charge on any atom is -0.506 e. The number of hydrogen-bond acceptors (Lipinski definition) is 3. The third-order valence-corrected chi connectivity index (χ3v) is 1.71. The van der Waals surface area contributed by atoms with Crippen LogP contribution in [0, 0.1) is 0 Å². The number of hydrogen-bond donors (Lipinski definition) is 2. The van der Waals surface area contributed by atoms with Gasteiger partial charge in [0.25, 0.3) is 0 Å². The van der Waals surface area contributed by atoms with Gasteiger partial charge in [-0.3, -0.25) is 9.59 Å². The summed E-state index contributed by atoms with van der Waals surface area (Å²) in [5, 5.41) is 11.9. The average Bonchev–Trinajstić information content (AvgIpc) is 2.07. The number of benzene rings is 1. The Morgan fingerprint density at radius 3 is 2.36 bits per heavy atom. The number of ketones is 1. The Balaban J connectivity index is 3.01.